The van der Waals surface area contributed by atoms with Crippen LogP contribution in [0.3, 0.4) is 0 Å². The second kappa shape index (κ2) is 7.33. The second-order valence-corrected chi connectivity index (χ2v) is 8.38. The van der Waals surface area contributed by atoms with Gasteiger partial charge >= 0.3 is 22.3 Å². The van der Waals surface area contributed by atoms with Gasteiger partial charge in [-0.05, 0) is 32.0 Å². The van der Waals surface area contributed by atoms with Crippen molar-refractivity contribution in [3.05, 3.63) is 48.2 Å². The average Bonchev–Trinajstić information content (AvgIpc) is 2.95. The Labute approximate surface area is 168 Å². The van der Waals surface area contributed by atoms with Gasteiger partial charge in [-0.15, -0.1) is 0 Å². The number of pyridine rings is 1. The van der Waals surface area contributed by atoms with Gasteiger partial charge in [-0.25, -0.2) is 24.6 Å². The van der Waals surface area contributed by atoms with Crippen LogP contribution in [0, 0.1) is 0 Å². The summed E-state index contributed by atoms with van der Waals surface area (Å²) < 4.78 is 35.2. The maximum absolute atomic E-state index is 12.7. The summed E-state index contributed by atoms with van der Waals surface area (Å²) in [5.74, 6) is 0.266. The van der Waals surface area contributed by atoms with E-state index in [1.165, 1.54) is 30.5 Å². The van der Waals surface area contributed by atoms with Gasteiger partial charge in [-0.1, -0.05) is 18.2 Å². The van der Waals surface area contributed by atoms with E-state index in [0.29, 0.717) is 17.1 Å². The van der Waals surface area contributed by atoms with Crippen LogP contribution in [-0.2, 0) is 16.6 Å². The number of amides is 3. The molecule has 1 aliphatic rings. The lowest BCUT2D eigenvalue weighted by Gasteiger charge is -2.24. The van der Waals surface area contributed by atoms with Crippen LogP contribution in [0.2, 0.25) is 0 Å². The van der Waals surface area contributed by atoms with Crippen LogP contribution >= 0.6 is 0 Å². The van der Waals surface area contributed by atoms with E-state index in [4.69, 9.17) is 14.6 Å². The predicted octanol–water partition coefficient (Wildman–Crippen LogP) is 2.06. The zero-order valence-electron chi connectivity index (χ0n) is 16.0. The highest BCUT2D eigenvalue weighted by atomic mass is 32.2. The molecule has 0 bridgehead atoms. The number of fused-ring (bicyclic) bond motifs is 1. The van der Waals surface area contributed by atoms with Crippen LogP contribution in [0.4, 0.5) is 15.4 Å². The molecule has 1 aromatic carbocycles. The number of carbonyl (C=O) groups excluding carboxylic acids is 2. The van der Waals surface area contributed by atoms with Crippen molar-refractivity contribution in [3.63, 3.8) is 0 Å². The third-order valence-electron chi connectivity index (χ3n) is 4.10. The van der Waals surface area contributed by atoms with Gasteiger partial charge in [0.25, 0.3) is 0 Å². The largest absolute Gasteiger partial charge is 0.483 e. The third kappa shape index (κ3) is 4.30. The average molecular weight is 420 g/mol. The minimum absolute atomic E-state index is 0.123. The smallest absolute Gasteiger partial charge is 0.423 e. The van der Waals surface area contributed by atoms with Crippen molar-refractivity contribution < 1.29 is 27.5 Å². The summed E-state index contributed by atoms with van der Waals surface area (Å²) in [4.78, 5) is 29.5. The minimum Gasteiger partial charge on any atom is -0.483 e. The van der Waals surface area contributed by atoms with Crippen molar-refractivity contribution in [2.45, 2.75) is 25.9 Å². The normalized spacial score (nSPS) is 14.5. The Bertz CT molecular complexity index is 1060. The fourth-order valence-electron chi connectivity index (χ4n) is 2.86. The Morgan fingerprint density at radius 3 is 2.55 bits per heavy atom. The van der Waals surface area contributed by atoms with Crippen molar-refractivity contribution in [1.29, 1.82) is 0 Å². The Balaban J connectivity index is 1.84. The summed E-state index contributed by atoms with van der Waals surface area (Å²) in [6.07, 6.45) is 0.800. The maximum Gasteiger partial charge on any atom is 0.423 e. The highest BCUT2D eigenvalue weighted by Crippen LogP contribution is 2.41. The van der Waals surface area contributed by atoms with Gasteiger partial charge in [-0.2, -0.15) is 12.7 Å². The fraction of sp³-hybridized carbons (Fsp3) is 0.278. The molecule has 0 saturated carbocycles. The van der Waals surface area contributed by atoms with E-state index in [1.807, 2.05) is 19.9 Å². The number of ether oxygens (including phenoxy) is 2. The van der Waals surface area contributed by atoms with Crippen molar-refractivity contribution >= 4 is 28.2 Å². The summed E-state index contributed by atoms with van der Waals surface area (Å²) in [7, 11) is -3.48. The quantitative estimate of drug-likeness (QED) is 0.803. The molecule has 154 valence electrons. The Morgan fingerprint density at radius 2 is 1.93 bits per heavy atom. The molecule has 11 heteroatoms. The first-order valence-corrected chi connectivity index (χ1v) is 10.0. The molecule has 0 spiro atoms. The number of carbonyl (C=O) groups is 2. The maximum atomic E-state index is 12.7. The van der Waals surface area contributed by atoms with Crippen LogP contribution in [0.5, 0.6) is 11.5 Å². The van der Waals surface area contributed by atoms with Gasteiger partial charge in [0, 0.05) is 25.2 Å². The third-order valence-corrected chi connectivity index (χ3v) is 4.95. The van der Waals surface area contributed by atoms with Gasteiger partial charge < -0.3 is 9.47 Å². The number of para-hydroxylation sites is 1. The Morgan fingerprint density at radius 1 is 1.21 bits per heavy atom. The van der Waals surface area contributed by atoms with Crippen LogP contribution in [0.25, 0.3) is 0 Å². The molecule has 10 nitrogen and oxygen atoms in total. The monoisotopic (exact) mass is 420 g/mol. The molecule has 29 heavy (non-hydrogen) atoms. The Kier molecular flexibility index (Phi) is 5.20. The molecule has 0 atom stereocenters. The molecule has 2 aromatic rings. The van der Waals surface area contributed by atoms with E-state index in [1.54, 1.807) is 6.07 Å². The molecular weight excluding hydrogens is 400 g/mol. The number of urea groups is 1. The molecule has 3 amide bonds. The van der Waals surface area contributed by atoms with Gasteiger partial charge in [0.1, 0.15) is 5.60 Å². The molecule has 0 aliphatic carbocycles. The van der Waals surface area contributed by atoms with Crippen LogP contribution < -0.4 is 18.9 Å². The molecule has 1 aliphatic heterocycles. The number of rotatable bonds is 3. The molecule has 1 aromatic heterocycles. The first-order valence-electron chi connectivity index (χ1n) is 8.54. The molecule has 2 heterocycles. The lowest BCUT2D eigenvalue weighted by Crippen LogP contribution is -2.50. The molecule has 2 N–H and O–H groups in total. The highest BCUT2D eigenvalue weighted by Gasteiger charge is 2.36. The summed E-state index contributed by atoms with van der Waals surface area (Å²) in [5.41, 5.74) is 0.393. The molecular formula is C18H20N4O6S. The van der Waals surface area contributed by atoms with E-state index < -0.39 is 27.9 Å². The number of nitrogens with two attached hydrogens (primary N) is 1. The molecule has 0 unspecified atom stereocenters. The standard InChI is InChI=1S/C18H20N4O6S/c1-18(2)11-12-7-6-8-13(15(12)28-18)27-17(24)21(3)16(23)22(29(19,25)26)14-9-4-5-10-20-14/h4-10H,11H2,1-3H3,(H2,19,25,26). The molecule has 0 fully saturated rings. The number of hydrogen-bond donors (Lipinski definition) is 1. The van der Waals surface area contributed by atoms with Crippen LogP contribution in [-0.4, -0.2) is 43.1 Å². The summed E-state index contributed by atoms with van der Waals surface area (Å²) in [5, 5.41) is 5.15. The van der Waals surface area contributed by atoms with E-state index in [9.17, 15) is 18.0 Å². The lowest BCUT2D eigenvalue weighted by molar-refractivity contribution is 0.130. The topological polar surface area (TPSA) is 132 Å². The van der Waals surface area contributed by atoms with E-state index in [0.717, 1.165) is 12.6 Å². The van der Waals surface area contributed by atoms with Crippen molar-refractivity contribution in [1.82, 2.24) is 9.88 Å². The molecule has 0 radical (unpaired) electrons. The van der Waals surface area contributed by atoms with Gasteiger partial charge in [0.15, 0.2) is 17.3 Å². The molecule has 0 saturated heterocycles. The first-order chi connectivity index (χ1) is 13.5. The lowest BCUT2D eigenvalue weighted by atomic mass is 10.0. The minimum atomic E-state index is -4.55. The van der Waals surface area contributed by atoms with Gasteiger partial charge in [0.05, 0.1) is 0 Å². The SMILES string of the molecule is CN(C(=O)Oc1cccc2c1OC(C)(C)C2)C(=O)N(c1ccccn1)S(N)(=O)=O. The van der Waals surface area contributed by atoms with Crippen molar-refractivity contribution in [2.75, 3.05) is 11.4 Å². The highest BCUT2D eigenvalue weighted by molar-refractivity contribution is 7.91. The zero-order valence-corrected chi connectivity index (χ0v) is 16.8. The predicted molar refractivity (Wildman–Crippen MR) is 104 cm³/mol. The summed E-state index contributed by atoms with van der Waals surface area (Å²) >= 11 is 0. The number of anilines is 1. The zero-order chi connectivity index (χ0) is 21.4. The van der Waals surface area contributed by atoms with Crippen molar-refractivity contribution in [2.24, 2.45) is 5.14 Å². The Hall–Kier alpha value is -3.18. The number of imide groups is 1. The fourth-order valence-corrected chi connectivity index (χ4v) is 3.56. The first kappa shape index (κ1) is 20.6. The van der Waals surface area contributed by atoms with Gasteiger partial charge in [-0.3, -0.25) is 0 Å². The number of hydrogen-bond acceptors (Lipinski definition) is 7. The summed E-state index contributed by atoms with van der Waals surface area (Å²) in [6.45, 7) is 3.79. The van der Waals surface area contributed by atoms with Crippen LogP contribution in [0.1, 0.15) is 19.4 Å². The van der Waals surface area contributed by atoms with Crippen molar-refractivity contribution in [3.8, 4) is 11.5 Å². The summed E-state index contributed by atoms with van der Waals surface area (Å²) in [6, 6.07) is 8.08. The van der Waals surface area contributed by atoms with Crippen LogP contribution in [0.15, 0.2) is 42.6 Å². The number of nitrogens with zero attached hydrogens (tertiary/aromatic N) is 3. The second-order valence-electron chi connectivity index (χ2n) is 6.99. The molecule has 3 rings (SSSR count). The van der Waals surface area contributed by atoms with E-state index >= 15 is 0 Å². The van der Waals surface area contributed by atoms with Gasteiger partial charge in [0.2, 0.25) is 0 Å². The number of aromatic nitrogens is 1. The van der Waals surface area contributed by atoms with E-state index in [-0.39, 0.29) is 15.9 Å². The number of benzene rings is 1. The van der Waals surface area contributed by atoms with E-state index in [2.05, 4.69) is 4.98 Å².